The number of alkyl halides is 3. The highest BCUT2D eigenvalue weighted by atomic mass is 32.2. The Morgan fingerprint density at radius 1 is 1.07 bits per heavy atom. The first kappa shape index (κ1) is 19.2. The molecule has 9 heteroatoms. The van der Waals surface area contributed by atoms with Crippen molar-refractivity contribution >= 4 is 21.5 Å². The zero-order chi connectivity index (χ0) is 19.7. The molecule has 0 N–H and O–H groups in total. The fraction of sp³-hybridized carbons (Fsp3) is 0.278. The van der Waals surface area contributed by atoms with Gasteiger partial charge in [0.2, 0.25) is 0 Å². The van der Waals surface area contributed by atoms with Crippen molar-refractivity contribution in [2.24, 2.45) is 0 Å². The van der Waals surface area contributed by atoms with Gasteiger partial charge >= 0.3 is 15.6 Å². The van der Waals surface area contributed by atoms with Crippen LogP contribution in [0.3, 0.4) is 0 Å². The van der Waals surface area contributed by atoms with Gasteiger partial charge in [-0.25, -0.2) is 0 Å². The number of hydrogen-bond acceptors (Lipinski definition) is 5. The van der Waals surface area contributed by atoms with Crippen LogP contribution in [0.4, 0.5) is 13.2 Å². The van der Waals surface area contributed by atoms with Crippen LogP contribution in [0.1, 0.15) is 29.5 Å². The van der Waals surface area contributed by atoms with E-state index in [-0.39, 0.29) is 5.76 Å². The molecular weight excluding hydrogens is 383 g/mol. The lowest BCUT2D eigenvalue weighted by Gasteiger charge is -2.17. The van der Waals surface area contributed by atoms with Crippen molar-refractivity contribution < 1.29 is 30.5 Å². The highest BCUT2D eigenvalue weighted by molar-refractivity contribution is 7.87. The monoisotopic (exact) mass is 399 g/mol. The quantitative estimate of drug-likeness (QED) is 0.571. The molecule has 0 saturated carbocycles. The van der Waals surface area contributed by atoms with Crippen molar-refractivity contribution in [2.75, 3.05) is 7.11 Å². The summed E-state index contributed by atoms with van der Waals surface area (Å²) >= 11 is 0. The molecule has 5 nitrogen and oxygen atoms in total. The van der Waals surface area contributed by atoms with Crippen LogP contribution in [-0.4, -0.2) is 26.0 Å². The van der Waals surface area contributed by atoms with E-state index in [4.69, 9.17) is 4.74 Å². The Labute approximate surface area is 154 Å². The number of ether oxygens (including phenoxy) is 1. The van der Waals surface area contributed by atoms with Gasteiger partial charge in [0.1, 0.15) is 5.75 Å². The summed E-state index contributed by atoms with van der Waals surface area (Å²) in [5.41, 5.74) is -3.63. The van der Waals surface area contributed by atoms with E-state index in [2.05, 4.69) is 9.17 Å². The van der Waals surface area contributed by atoms with Crippen molar-refractivity contribution in [3.8, 4) is 5.75 Å². The average molecular weight is 399 g/mol. The Morgan fingerprint density at radius 2 is 1.78 bits per heavy atom. The van der Waals surface area contributed by atoms with Crippen molar-refractivity contribution in [1.29, 1.82) is 0 Å². The predicted octanol–water partition coefficient (Wildman–Crippen LogP) is 4.16. The number of methoxy groups -OCH3 is 1. The Hall–Kier alpha value is -2.55. The molecule has 0 saturated heterocycles. The molecule has 0 radical (unpaired) electrons. The Morgan fingerprint density at radius 3 is 2.41 bits per heavy atom. The number of aromatic nitrogens is 1. The maximum atomic E-state index is 12.9. The first-order chi connectivity index (χ1) is 12.7. The number of aryl methyl sites for hydroxylation is 1. The summed E-state index contributed by atoms with van der Waals surface area (Å²) in [7, 11) is -4.34. The Kier molecular flexibility index (Phi) is 5.14. The highest BCUT2D eigenvalue weighted by Crippen LogP contribution is 2.40. The molecule has 1 aliphatic carbocycles. The first-order valence-corrected chi connectivity index (χ1v) is 9.45. The second kappa shape index (κ2) is 7.22. The van der Waals surface area contributed by atoms with Gasteiger partial charge in [-0.2, -0.15) is 21.6 Å². The summed E-state index contributed by atoms with van der Waals surface area (Å²) in [6.07, 6.45) is 4.47. The molecule has 0 unspecified atom stereocenters. The molecular formula is C18H16F3NO4S. The molecule has 0 spiro atoms. The molecule has 0 bridgehead atoms. The summed E-state index contributed by atoms with van der Waals surface area (Å²) in [5, 5.41) is 0. The molecule has 1 aromatic heterocycles. The fourth-order valence-electron chi connectivity index (χ4n) is 2.94. The third-order valence-electron chi connectivity index (χ3n) is 4.21. The van der Waals surface area contributed by atoms with Gasteiger partial charge in [-0.05, 0) is 60.7 Å². The van der Waals surface area contributed by atoms with Gasteiger partial charge in [-0.3, -0.25) is 4.98 Å². The number of allylic oxidation sites excluding steroid dienone is 1. The maximum Gasteiger partial charge on any atom is 0.534 e. The lowest BCUT2D eigenvalue weighted by molar-refractivity contribution is -0.0509. The van der Waals surface area contributed by atoms with Crippen LogP contribution in [0.2, 0.25) is 0 Å². The van der Waals surface area contributed by atoms with Crippen molar-refractivity contribution in [2.45, 2.75) is 24.8 Å². The van der Waals surface area contributed by atoms with Crippen LogP contribution >= 0.6 is 0 Å². The average Bonchev–Trinajstić information content (AvgIpc) is 2.80. The number of fused-ring (bicyclic) bond motifs is 1. The summed E-state index contributed by atoms with van der Waals surface area (Å²) in [6, 6.07) is 7.95. The van der Waals surface area contributed by atoms with E-state index in [1.165, 1.54) is 25.6 Å². The van der Waals surface area contributed by atoms with Crippen molar-refractivity contribution in [3.63, 3.8) is 0 Å². The fourth-order valence-corrected chi connectivity index (χ4v) is 3.44. The van der Waals surface area contributed by atoms with Crippen LogP contribution in [0.5, 0.6) is 5.75 Å². The normalized spacial score (nSPS) is 15.1. The van der Waals surface area contributed by atoms with Gasteiger partial charge in [-0.1, -0.05) is 0 Å². The van der Waals surface area contributed by atoms with Crippen LogP contribution in [0.15, 0.2) is 42.7 Å². The first-order valence-electron chi connectivity index (χ1n) is 8.04. The molecule has 2 aromatic rings. The number of rotatable bonds is 4. The highest BCUT2D eigenvalue weighted by Gasteiger charge is 2.49. The van der Waals surface area contributed by atoms with Crippen molar-refractivity contribution in [3.05, 3.63) is 59.4 Å². The van der Waals surface area contributed by atoms with Gasteiger partial charge in [0, 0.05) is 23.5 Å². The molecule has 0 amide bonds. The van der Waals surface area contributed by atoms with Crippen LogP contribution in [-0.2, 0) is 20.7 Å². The van der Waals surface area contributed by atoms with E-state index < -0.39 is 15.6 Å². The minimum absolute atomic E-state index is 0.299. The number of hydrogen-bond donors (Lipinski definition) is 0. The lowest BCUT2D eigenvalue weighted by atomic mass is 10.00. The Bertz CT molecular complexity index is 970. The van der Waals surface area contributed by atoms with E-state index >= 15 is 0 Å². The number of pyridine rings is 1. The lowest BCUT2D eigenvalue weighted by Crippen LogP contribution is -2.25. The number of nitrogens with zero attached hydrogens (tertiary/aromatic N) is 1. The van der Waals surface area contributed by atoms with E-state index in [9.17, 15) is 21.6 Å². The van der Waals surface area contributed by atoms with Crippen LogP contribution in [0, 0.1) is 0 Å². The zero-order valence-electron chi connectivity index (χ0n) is 14.3. The third-order valence-corrected chi connectivity index (χ3v) is 5.16. The second-order valence-electron chi connectivity index (χ2n) is 5.90. The minimum Gasteiger partial charge on any atom is -0.497 e. The second-order valence-corrected chi connectivity index (χ2v) is 7.44. The molecule has 1 aliphatic rings. The van der Waals surface area contributed by atoms with Gasteiger partial charge in [0.05, 0.1) is 7.11 Å². The summed E-state index contributed by atoms with van der Waals surface area (Å²) in [6.45, 7) is 0. The molecule has 1 heterocycles. The van der Waals surface area contributed by atoms with Crippen molar-refractivity contribution in [1.82, 2.24) is 4.98 Å². The predicted molar refractivity (Wildman–Crippen MR) is 93.0 cm³/mol. The van der Waals surface area contributed by atoms with E-state index in [0.717, 1.165) is 0 Å². The minimum atomic E-state index is -5.82. The maximum absolute atomic E-state index is 12.9. The topological polar surface area (TPSA) is 65.5 Å². The summed E-state index contributed by atoms with van der Waals surface area (Å²) in [4.78, 5) is 3.89. The van der Waals surface area contributed by atoms with E-state index in [1.54, 1.807) is 24.3 Å². The van der Waals surface area contributed by atoms with Crippen LogP contribution in [0.25, 0.3) is 11.3 Å². The third kappa shape index (κ3) is 3.92. The van der Waals surface area contributed by atoms with Gasteiger partial charge in [-0.15, -0.1) is 0 Å². The molecule has 144 valence electrons. The summed E-state index contributed by atoms with van der Waals surface area (Å²) < 4.78 is 72.1. The van der Waals surface area contributed by atoms with E-state index in [0.29, 0.717) is 47.3 Å². The standard InChI is InChI=1S/C18H16F3NO4S/c1-25-14-5-6-16-13(11-14)3-2-4-15(12-7-9-22-10-8-12)17(16)26-27(23,24)18(19,20)21/h5-11H,2-4H2,1H3. The molecule has 1 aromatic carbocycles. The molecule has 3 rings (SSSR count). The smallest absolute Gasteiger partial charge is 0.497 e. The summed E-state index contributed by atoms with van der Waals surface area (Å²) in [5.74, 6) is 0.216. The Balaban J connectivity index is 2.23. The van der Waals surface area contributed by atoms with Crippen LogP contribution < -0.4 is 4.74 Å². The van der Waals surface area contributed by atoms with Gasteiger partial charge < -0.3 is 8.92 Å². The molecule has 27 heavy (non-hydrogen) atoms. The number of halogens is 3. The van der Waals surface area contributed by atoms with E-state index in [1.807, 2.05) is 0 Å². The number of benzene rings is 1. The SMILES string of the molecule is COc1ccc2c(c1)CCCC(c1ccncc1)=C2OS(=O)(=O)C(F)(F)F. The largest absolute Gasteiger partial charge is 0.534 e. The molecule has 0 aliphatic heterocycles. The van der Waals surface area contributed by atoms with Gasteiger partial charge in [0.15, 0.2) is 5.76 Å². The molecule has 0 fully saturated rings. The zero-order valence-corrected chi connectivity index (χ0v) is 15.1. The van der Waals surface area contributed by atoms with Gasteiger partial charge in [0.25, 0.3) is 0 Å². The molecule has 0 atom stereocenters.